The number of fused-ring (bicyclic) bond motifs is 1. The predicted molar refractivity (Wildman–Crippen MR) is 147 cm³/mol. The number of H-pyrrole nitrogens is 1. The first-order valence-electron chi connectivity index (χ1n) is 13.6. The van der Waals surface area contributed by atoms with Crippen LogP contribution in [-0.2, 0) is 13.1 Å². The van der Waals surface area contributed by atoms with E-state index in [1.807, 2.05) is 6.92 Å². The second-order valence-electron chi connectivity index (χ2n) is 10.7. The lowest BCUT2D eigenvalue weighted by Crippen LogP contribution is -2.33. The minimum atomic E-state index is -0.0307. The lowest BCUT2D eigenvalue weighted by Gasteiger charge is -2.32. The minimum absolute atomic E-state index is 0.00747. The number of aromatic nitrogens is 5. The fourth-order valence-electron chi connectivity index (χ4n) is 5.77. The number of benzene rings is 2. The van der Waals surface area contributed by atoms with E-state index in [2.05, 4.69) is 93.3 Å². The second-order valence-corrected chi connectivity index (χ2v) is 10.7. The van der Waals surface area contributed by atoms with Crippen molar-refractivity contribution in [3.8, 4) is 0 Å². The smallest absolute Gasteiger partial charge is 0.252 e. The van der Waals surface area contributed by atoms with Gasteiger partial charge in [-0.3, -0.25) is 9.69 Å². The first-order valence-corrected chi connectivity index (χ1v) is 13.6. The summed E-state index contributed by atoms with van der Waals surface area (Å²) in [5.74, 6) is 0.908. The summed E-state index contributed by atoms with van der Waals surface area (Å²) in [7, 11) is 0. The Balaban J connectivity index is 1.55. The number of aromatic amines is 1. The molecule has 1 saturated carbocycles. The van der Waals surface area contributed by atoms with Gasteiger partial charge < -0.3 is 4.98 Å². The van der Waals surface area contributed by atoms with Gasteiger partial charge in [0, 0.05) is 24.0 Å². The Morgan fingerprint density at radius 2 is 1.73 bits per heavy atom. The lowest BCUT2D eigenvalue weighted by molar-refractivity contribution is 0.155. The Morgan fingerprint density at radius 3 is 2.46 bits per heavy atom. The van der Waals surface area contributed by atoms with Crippen molar-refractivity contribution < 1.29 is 0 Å². The van der Waals surface area contributed by atoms with E-state index in [9.17, 15) is 4.79 Å². The van der Waals surface area contributed by atoms with Gasteiger partial charge in [0.15, 0.2) is 5.82 Å². The van der Waals surface area contributed by atoms with Crippen molar-refractivity contribution in [2.24, 2.45) is 0 Å². The average molecular weight is 499 g/mol. The zero-order chi connectivity index (χ0) is 25.9. The van der Waals surface area contributed by atoms with Gasteiger partial charge in [-0.2, -0.15) is 0 Å². The molecular weight excluding hydrogens is 460 g/mol. The third kappa shape index (κ3) is 5.37. The van der Waals surface area contributed by atoms with Gasteiger partial charge in [0.2, 0.25) is 0 Å². The van der Waals surface area contributed by atoms with Crippen molar-refractivity contribution in [1.29, 1.82) is 0 Å². The highest BCUT2D eigenvalue weighted by Gasteiger charge is 2.29. The molecule has 1 N–H and O–H groups in total. The summed E-state index contributed by atoms with van der Waals surface area (Å²) >= 11 is 0. The molecule has 2 heterocycles. The van der Waals surface area contributed by atoms with Gasteiger partial charge >= 0.3 is 0 Å². The van der Waals surface area contributed by atoms with Crippen LogP contribution in [-0.4, -0.2) is 30.1 Å². The van der Waals surface area contributed by atoms with Crippen LogP contribution in [0.5, 0.6) is 0 Å². The second kappa shape index (κ2) is 11.0. The molecule has 0 bridgehead atoms. The summed E-state index contributed by atoms with van der Waals surface area (Å²) in [6.45, 7) is 9.65. The summed E-state index contributed by atoms with van der Waals surface area (Å²) in [4.78, 5) is 18.9. The lowest BCUT2D eigenvalue weighted by atomic mass is 9.95. The summed E-state index contributed by atoms with van der Waals surface area (Å²) < 4.78 is 2.08. The summed E-state index contributed by atoms with van der Waals surface area (Å²) in [6, 6.07) is 15.3. The zero-order valence-electron chi connectivity index (χ0n) is 22.5. The van der Waals surface area contributed by atoms with Crippen molar-refractivity contribution in [1.82, 2.24) is 30.1 Å². The molecule has 4 aromatic rings. The SMILES string of the molecule is CCC(c1nnnn1C1CCCCC1)N(Cc1ccc(C)cc1)Cc1cc2c(C)ccc(C)c2[nH]c1=O. The Hall–Kier alpha value is -3.32. The molecule has 0 radical (unpaired) electrons. The highest BCUT2D eigenvalue weighted by atomic mass is 16.1. The molecule has 2 aromatic carbocycles. The van der Waals surface area contributed by atoms with Gasteiger partial charge in [0.05, 0.1) is 17.6 Å². The monoisotopic (exact) mass is 498 g/mol. The van der Waals surface area contributed by atoms with E-state index < -0.39 is 0 Å². The maximum atomic E-state index is 13.3. The first kappa shape index (κ1) is 25.3. The number of aryl methyl sites for hydroxylation is 3. The van der Waals surface area contributed by atoms with Gasteiger partial charge in [-0.15, -0.1) is 5.10 Å². The number of pyridine rings is 1. The van der Waals surface area contributed by atoms with Crippen molar-refractivity contribution in [2.75, 3.05) is 0 Å². The molecule has 1 unspecified atom stereocenters. The van der Waals surface area contributed by atoms with E-state index in [1.54, 1.807) is 0 Å². The normalized spacial score (nSPS) is 15.5. The Labute approximate surface area is 218 Å². The predicted octanol–water partition coefficient (Wildman–Crippen LogP) is 6.10. The van der Waals surface area contributed by atoms with Crippen molar-refractivity contribution in [3.05, 3.63) is 86.5 Å². The van der Waals surface area contributed by atoms with Gasteiger partial charge in [-0.1, -0.05) is 68.1 Å². The molecule has 37 heavy (non-hydrogen) atoms. The minimum Gasteiger partial charge on any atom is -0.321 e. The summed E-state index contributed by atoms with van der Waals surface area (Å²) in [6.07, 6.45) is 6.82. The largest absolute Gasteiger partial charge is 0.321 e. The molecule has 0 saturated heterocycles. The summed E-state index contributed by atoms with van der Waals surface area (Å²) in [5, 5.41) is 14.2. The van der Waals surface area contributed by atoms with E-state index in [0.717, 1.165) is 52.7 Å². The molecule has 194 valence electrons. The van der Waals surface area contributed by atoms with Crippen molar-refractivity contribution >= 4 is 10.9 Å². The van der Waals surface area contributed by atoms with E-state index in [4.69, 9.17) is 0 Å². The Morgan fingerprint density at radius 1 is 1.00 bits per heavy atom. The highest BCUT2D eigenvalue weighted by Crippen LogP contribution is 2.33. The van der Waals surface area contributed by atoms with Crippen LogP contribution in [0.3, 0.4) is 0 Å². The maximum absolute atomic E-state index is 13.3. The number of nitrogens with zero attached hydrogens (tertiary/aromatic N) is 5. The number of rotatable bonds is 8. The van der Waals surface area contributed by atoms with Crippen LogP contribution in [0.15, 0.2) is 47.3 Å². The van der Waals surface area contributed by atoms with Crippen LogP contribution >= 0.6 is 0 Å². The molecular formula is C30H38N6O. The first-order chi connectivity index (χ1) is 17.9. The van der Waals surface area contributed by atoms with E-state index >= 15 is 0 Å². The fourth-order valence-corrected chi connectivity index (χ4v) is 5.77. The molecule has 1 atom stereocenters. The Kier molecular flexibility index (Phi) is 7.51. The van der Waals surface area contributed by atoms with Crippen LogP contribution in [0.2, 0.25) is 0 Å². The molecule has 2 aromatic heterocycles. The topological polar surface area (TPSA) is 79.7 Å². The molecule has 7 heteroatoms. The molecule has 1 aliphatic carbocycles. The van der Waals surface area contributed by atoms with E-state index in [0.29, 0.717) is 19.1 Å². The van der Waals surface area contributed by atoms with Gasteiger partial charge in [0.1, 0.15) is 0 Å². The fraction of sp³-hybridized carbons (Fsp3) is 0.467. The average Bonchev–Trinajstić information content (AvgIpc) is 3.39. The highest BCUT2D eigenvalue weighted by molar-refractivity contribution is 5.85. The number of tetrazole rings is 1. The zero-order valence-corrected chi connectivity index (χ0v) is 22.5. The van der Waals surface area contributed by atoms with Crippen LogP contribution in [0, 0.1) is 20.8 Å². The van der Waals surface area contributed by atoms with Crippen molar-refractivity contribution in [2.45, 2.75) is 91.4 Å². The quantitative estimate of drug-likeness (QED) is 0.318. The van der Waals surface area contributed by atoms with Crippen LogP contribution < -0.4 is 5.56 Å². The van der Waals surface area contributed by atoms with Crippen LogP contribution in [0.4, 0.5) is 0 Å². The van der Waals surface area contributed by atoms with Crippen LogP contribution in [0.25, 0.3) is 10.9 Å². The molecule has 1 fully saturated rings. The van der Waals surface area contributed by atoms with E-state index in [1.165, 1.54) is 30.4 Å². The van der Waals surface area contributed by atoms with Gasteiger partial charge in [0.25, 0.3) is 5.56 Å². The molecule has 7 nitrogen and oxygen atoms in total. The summed E-state index contributed by atoms with van der Waals surface area (Å²) in [5.41, 5.74) is 6.35. The van der Waals surface area contributed by atoms with Crippen molar-refractivity contribution in [3.63, 3.8) is 0 Å². The maximum Gasteiger partial charge on any atom is 0.252 e. The Bertz CT molecular complexity index is 1410. The molecule has 0 spiro atoms. The standard InChI is InChI=1S/C30H38N6O/c1-5-27(29-32-33-34-36(29)25-9-7-6-8-10-25)35(18-23-15-11-20(2)12-16-23)19-24-17-26-21(3)13-14-22(4)28(26)31-30(24)37/h11-17,25,27H,5-10,18-19H2,1-4H3,(H,31,37). The third-order valence-corrected chi connectivity index (χ3v) is 7.96. The van der Waals surface area contributed by atoms with E-state index in [-0.39, 0.29) is 11.6 Å². The molecule has 5 rings (SSSR count). The molecule has 1 aliphatic rings. The van der Waals surface area contributed by atoms with Gasteiger partial charge in [-0.25, -0.2) is 4.68 Å². The number of hydrogen-bond acceptors (Lipinski definition) is 5. The number of hydrogen-bond donors (Lipinski definition) is 1. The number of nitrogens with one attached hydrogen (secondary N) is 1. The van der Waals surface area contributed by atoms with Gasteiger partial charge in [-0.05, 0) is 73.2 Å². The third-order valence-electron chi connectivity index (χ3n) is 7.96. The molecule has 0 amide bonds. The molecule has 0 aliphatic heterocycles. The van der Waals surface area contributed by atoms with Crippen LogP contribution in [0.1, 0.15) is 91.2 Å².